The molecule has 1 aliphatic rings. The Morgan fingerprint density at radius 2 is 2.09 bits per heavy atom. The van der Waals surface area contributed by atoms with Gasteiger partial charge >= 0.3 is 0 Å². The SMILES string of the molecule is C=C1C(Cl)=CC(C)=C(c2nn(CC)c(OC(C)F)c2C)N1C. The van der Waals surface area contributed by atoms with E-state index in [1.165, 1.54) is 6.92 Å². The highest BCUT2D eigenvalue weighted by atomic mass is 35.5. The summed E-state index contributed by atoms with van der Waals surface area (Å²) in [5.74, 6) is 0.451. The molecule has 6 heteroatoms. The summed E-state index contributed by atoms with van der Waals surface area (Å²) in [6, 6.07) is 0. The van der Waals surface area contributed by atoms with Crippen LogP contribution in [0.25, 0.3) is 5.70 Å². The normalized spacial score (nSPS) is 17.0. The topological polar surface area (TPSA) is 30.3 Å². The van der Waals surface area contributed by atoms with Crippen LogP contribution >= 0.6 is 11.6 Å². The lowest BCUT2D eigenvalue weighted by atomic mass is 10.0. The van der Waals surface area contributed by atoms with Crippen LogP contribution in [0.1, 0.15) is 32.0 Å². The summed E-state index contributed by atoms with van der Waals surface area (Å²) in [4.78, 5) is 1.90. The fourth-order valence-corrected chi connectivity index (χ4v) is 2.82. The lowest BCUT2D eigenvalue weighted by molar-refractivity contribution is 0.0743. The van der Waals surface area contributed by atoms with Crippen molar-refractivity contribution in [2.45, 2.75) is 40.6 Å². The lowest BCUT2D eigenvalue weighted by Crippen LogP contribution is -2.21. The van der Waals surface area contributed by atoms with Gasteiger partial charge in [0.05, 0.1) is 16.4 Å². The molecule has 0 saturated carbocycles. The van der Waals surface area contributed by atoms with Crippen molar-refractivity contribution in [3.05, 3.63) is 40.2 Å². The lowest BCUT2D eigenvalue weighted by Gasteiger charge is -2.29. The van der Waals surface area contributed by atoms with Crippen molar-refractivity contribution in [3.8, 4) is 5.88 Å². The quantitative estimate of drug-likeness (QED) is 0.830. The number of nitrogens with zero attached hydrogens (tertiary/aromatic N) is 3. The predicted octanol–water partition coefficient (Wildman–Crippen LogP) is 4.22. The Balaban J connectivity index is 2.60. The molecule has 0 N–H and O–H groups in total. The van der Waals surface area contributed by atoms with Crippen molar-refractivity contribution in [2.24, 2.45) is 0 Å². The molecule has 1 aliphatic heterocycles. The van der Waals surface area contributed by atoms with Gasteiger partial charge in [-0.3, -0.25) is 0 Å². The fraction of sp³-hybridized carbons (Fsp3) is 0.438. The maximum absolute atomic E-state index is 13.3. The second kappa shape index (κ2) is 6.16. The first kappa shape index (κ1) is 16.6. The highest BCUT2D eigenvalue weighted by Gasteiger charge is 2.26. The molecule has 1 atom stereocenters. The predicted molar refractivity (Wildman–Crippen MR) is 87.3 cm³/mol. The van der Waals surface area contributed by atoms with E-state index in [1.54, 1.807) is 4.68 Å². The number of allylic oxidation sites excluding steroid dienone is 3. The molecule has 0 radical (unpaired) electrons. The molecule has 4 nitrogen and oxygen atoms in total. The van der Waals surface area contributed by atoms with Crippen molar-refractivity contribution in [2.75, 3.05) is 7.05 Å². The van der Waals surface area contributed by atoms with E-state index in [-0.39, 0.29) is 0 Å². The standard InChI is InChI=1S/C16H21ClFN3O/c1-7-21-16(22-12(5)18)10(3)14(19-21)15-9(2)8-13(17)11(4)20(15)6/h8,12H,4,7H2,1-3,5-6H3. The zero-order chi connectivity index (χ0) is 16.6. The molecule has 1 aromatic rings. The maximum Gasteiger partial charge on any atom is 0.237 e. The molecule has 0 aliphatic carbocycles. The van der Waals surface area contributed by atoms with Gasteiger partial charge in [-0.1, -0.05) is 18.2 Å². The summed E-state index contributed by atoms with van der Waals surface area (Å²) < 4.78 is 20.2. The minimum atomic E-state index is -1.39. The molecule has 1 aromatic heterocycles. The van der Waals surface area contributed by atoms with Gasteiger partial charge in [-0.15, -0.1) is 0 Å². The largest absolute Gasteiger partial charge is 0.444 e. The van der Waals surface area contributed by atoms with Crippen molar-refractivity contribution in [1.82, 2.24) is 14.7 Å². The first-order chi connectivity index (χ1) is 10.3. The van der Waals surface area contributed by atoms with Gasteiger partial charge < -0.3 is 9.64 Å². The monoisotopic (exact) mass is 325 g/mol. The molecule has 120 valence electrons. The Morgan fingerprint density at radius 3 is 2.64 bits per heavy atom. The first-order valence-corrected chi connectivity index (χ1v) is 7.55. The number of hydrogen-bond donors (Lipinski definition) is 0. The third kappa shape index (κ3) is 2.77. The van der Waals surface area contributed by atoms with Crippen LogP contribution in [0.4, 0.5) is 4.39 Å². The van der Waals surface area contributed by atoms with E-state index < -0.39 is 6.36 Å². The molecule has 0 saturated heterocycles. The third-order valence-electron chi connectivity index (χ3n) is 3.66. The van der Waals surface area contributed by atoms with E-state index in [2.05, 4.69) is 11.7 Å². The molecule has 0 aromatic carbocycles. The highest BCUT2D eigenvalue weighted by molar-refractivity contribution is 6.32. The highest BCUT2D eigenvalue weighted by Crippen LogP contribution is 2.37. The zero-order valence-electron chi connectivity index (χ0n) is 13.6. The summed E-state index contributed by atoms with van der Waals surface area (Å²) in [5.41, 5.74) is 4.12. The van der Waals surface area contributed by atoms with Gasteiger partial charge in [0, 0.05) is 26.1 Å². The van der Waals surface area contributed by atoms with E-state index >= 15 is 0 Å². The van der Waals surface area contributed by atoms with E-state index in [4.69, 9.17) is 16.3 Å². The minimum Gasteiger partial charge on any atom is -0.444 e. The number of aromatic nitrogens is 2. The van der Waals surface area contributed by atoms with Gasteiger partial charge in [0.1, 0.15) is 5.69 Å². The minimum absolute atomic E-state index is 0.451. The van der Waals surface area contributed by atoms with Crippen molar-refractivity contribution in [1.29, 1.82) is 0 Å². The van der Waals surface area contributed by atoms with Crippen molar-refractivity contribution in [3.63, 3.8) is 0 Å². The van der Waals surface area contributed by atoms with E-state index in [0.717, 1.165) is 22.5 Å². The molecule has 0 fully saturated rings. The molecular formula is C16H21ClFN3O. The van der Waals surface area contributed by atoms with Crippen LogP contribution in [-0.4, -0.2) is 28.1 Å². The van der Waals surface area contributed by atoms with Gasteiger partial charge in [0.15, 0.2) is 0 Å². The average Bonchev–Trinajstić information content (AvgIpc) is 2.73. The molecule has 22 heavy (non-hydrogen) atoms. The van der Waals surface area contributed by atoms with Crippen LogP contribution < -0.4 is 4.74 Å². The number of rotatable bonds is 4. The van der Waals surface area contributed by atoms with E-state index in [0.29, 0.717) is 23.2 Å². The first-order valence-electron chi connectivity index (χ1n) is 7.17. The van der Waals surface area contributed by atoms with Gasteiger partial charge in [-0.25, -0.2) is 9.07 Å². The number of aryl methyl sites for hydroxylation is 1. The second-order valence-electron chi connectivity index (χ2n) is 5.28. The molecular weight excluding hydrogens is 305 g/mol. The molecule has 0 bridgehead atoms. The molecule has 2 rings (SSSR count). The van der Waals surface area contributed by atoms with Crippen molar-refractivity contribution >= 4 is 17.3 Å². The molecule has 0 amide bonds. The van der Waals surface area contributed by atoms with Crippen LogP contribution in [0.2, 0.25) is 0 Å². The zero-order valence-corrected chi connectivity index (χ0v) is 14.3. The van der Waals surface area contributed by atoms with E-state index in [1.807, 2.05) is 38.8 Å². The summed E-state index contributed by atoms with van der Waals surface area (Å²) in [7, 11) is 1.89. The smallest absolute Gasteiger partial charge is 0.237 e. The summed E-state index contributed by atoms with van der Waals surface area (Å²) in [6.07, 6.45) is 0.471. The Hall–Kier alpha value is -1.75. The second-order valence-corrected chi connectivity index (χ2v) is 5.69. The Kier molecular flexibility index (Phi) is 4.66. The number of hydrogen-bond acceptors (Lipinski definition) is 3. The molecule has 1 unspecified atom stereocenters. The number of ether oxygens (including phenoxy) is 1. The van der Waals surface area contributed by atoms with Gasteiger partial charge in [0.25, 0.3) is 0 Å². The van der Waals surface area contributed by atoms with Crippen LogP contribution in [0.15, 0.2) is 29.0 Å². The fourth-order valence-electron chi connectivity index (χ4n) is 2.53. The van der Waals surface area contributed by atoms with Crippen LogP contribution in [0.5, 0.6) is 5.88 Å². The van der Waals surface area contributed by atoms with Gasteiger partial charge in [-0.05, 0) is 32.4 Å². The number of likely N-dealkylation sites (N-methyl/N-ethyl adjacent to an activating group) is 1. The van der Waals surface area contributed by atoms with Gasteiger partial charge in [0.2, 0.25) is 12.2 Å². The van der Waals surface area contributed by atoms with Crippen LogP contribution in [0.3, 0.4) is 0 Å². The van der Waals surface area contributed by atoms with Crippen molar-refractivity contribution < 1.29 is 9.13 Å². The third-order valence-corrected chi connectivity index (χ3v) is 3.99. The Bertz CT molecular complexity index is 673. The summed E-state index contributed by atoms with van der Waals surface area (Å²) in [5, 5.41) is 5.18. The maximum atomic E-state index is 13.3. The van der Waals surface area contributed by atoms with Crippen LogP contribution in [0, 0.1) is 6.92 Å². The average molecular weight is 326 g/mol. The van der Waals surface area contributed by atoms with Crippen LogP contribution in [-0.2, 0) is 6.54 Å². The molecule has 0 spiro atoms. The van der Waals surface area contributed by atoms with E-state index in [9.17, 15) is 4.39 Å². The Morgan fingerprint density at radius 1 is 1.45 bits per heavy atom. The van der Waals surface area contributed by atoms with Gasteiger partial charge in [-0.2, -0.15) is 5.10 Å². The number of halogens is 2. The Labute approximate surface area is 135 Å². The number of alkyl halides is 1. The summed E-state index contributed by atoms with van der Waals surface area (Å²) >= 11 is 6.17. The molecule has 2 heterocycles. The summed E-state index contributed by atoms with van der Waals surface area (Å²) in [6.45, 7) is 11.7.